The molecule has 0 spiro atoms. The Morgan fingerprint density at radius 1 is 1.52 bits per heavy atom. The number of ether oxygens (including phenoxy) is 1. The number of nitrogens with one attached hydrogen (secondary N) is 1. The van der Waals surface area contributed by atoms with E-state index in [1.165, 1.54) is 18.6 Å². The second-order valence-electron chi connectivity index (χ2n) is 6.66. The number of urea groups is 1. The lowest BCUT2D eigenvalue weighted by Gasteiger charge is -2.28. The third kappa shape index (κ3) is 4.67. The van der Waals surface area contributed by atoms with Crippen LogP contribution in [0.1, 0.15) is 38.4 Å². The second kappa shape index (κ2) is 7.62. The van der Waals surface area contributed by atoms with Crippen LogP contribution < -0.4 is 5.32 Å². The van der Waals surface area contributed by atoms with E-state index in [0.717, 1.165) is 31.8 Å². The van der Waals surface area contributed by atoms with Crippen molar-refractivity contribution in [2.75, 3.05) is 25.4 Å². The molecule has 23 heavy (non-hydrogen) atoms. The van der Waals surface area contributed by atoms with Crippen molar-refractivity contribution >= 4 is 17.8 Å². The molecule has 2 amide bonds. The van der Waals surface area contributed by atoms with E-state index in [4.69, 9.17) is 9.15 Å². The molecule has 128 valence electrons. The molecule has 2 fully saturated rings. The quantitative estimate of drug-likeness (QED) is 0.865. The summed E-state index contributed by atoms with van der Waals surface area (Å²) in [6, 6.07) is 3.74. The standard InChI is InChI=1S/C17H26N2O3S/c1-17(7-4-10-23-17)13-18-16(20)19(11-14-5-2-8-21-14)12-15-6-3-9-22-15/h2,5,8,15H,3-4,6-7,9-13H2,1H3,(H,18,20)/t15-,17+/m0/s1. The van der Waals surface area contributed by atoms with Crippen LogP contribution in [-0.2, 0) is 11.3 Å². The topological polar surface area (TPSA) is 54.7 Å². The normalized spacial score (nSPS) is 27.3. The third-order valence-electron chi connectivity index (χ3n) is 4.58. The first-order chi connectivity index (χ1) is 11.1. The summed E-state index contributed by atoms with van der Waals surface area (Å²) >= 11 is 1.96. The zero-order valence-electron chi connectivity index (χ0n) is 13.8. The summed E-state index contributed by atoms with van der Waals surface area (Å²) in [5.41, 5.74) is 0. The molecule has 3 heterocycles. The van der Waals surface area contributed by atoms with E-state index in [1.807, 2.05) is 28.8 Å². The van der Waals surface area contributed by atoms with Gasteiger partial charge in [-0.1, -0.05) is 0 Å². The van der Waals surface area contributed by atoms with Gasteiger partial charge in [0.05, 0.1) is 18.9 Å². The molecule has 1 aromatic heterocycles. The Balaban J connectivity index is 1.57. The molecule has 5 nitrogen and oxygen atoms in total. The number of carbonyl (C=O) groups is 1. The van der Waals surface area contributed by atoms with Crippen molar-refractivity contribution in [3.8, 4) is 0 Å². The van der Waals surface area contributed by atoms with Crippen LogP contribution in [0.2, 0.25) is 0 Å². The maximum Gasteiger partial charge on any atom is 0.317 e. The van der Waals surface area contributed by atoms with Gasteiger partial charge in [0.25, 0.3) is 0 Å². The van der Waals surface area contributed by atoms with E-state index in [-0.39, 0.29) is 16.9 Å². The molecule has 1 N–H and O–H groups in total. The first kappa shape index (κ1) is 16.7. The van der Waals surface area contributed by atoms with Gasteiger partial charge in [0.1, 0.15) is 5.76 Å². The van der Waals surface area contributed by atoms with E-state index in [2.05, 4.69) is 12.2 Å². The molecule has 0 aromatic carbocycles. The minimum atomic E-state index is -0.0226. The summed E-state index contributed by atoms with van der Waals surface area (Å²) in [6.07, 6.45) is 6.30. The van der Waals surface area contributed by atoms with Crippen LogP contribution in [0.5, 0.6) is 0 Å². The van der Waals surface area contributed by atoms with Crippen molar-refractivity contribution in [2.45, 2.75) is 50.0 Å². The molecule has 0 saturated carbocycles. The first-order valence-electron chi connectivity index (χ1n) is 8.45. The SMILES string of the molecule is C[C@]1(CNC(=O)N(Cc2ccco2)C[C@@H]2CCCO2)CCCS1. The number of nitrogens with zero attached hydrogens (tertiary/aromatic N) is 1. The number of furan rings is 1. The predicted molar refractivity (Wildman–Crippen MR) is 91.6 cm³/mol. The number of carbonyl (C=O) groups excluding carboxylic acids is 1. The molecule has 2 aliphatic heterocycles. The maximum absolute atomic E-state index is 12.7. The van der Waals surface area contributed by atoms with Crippen molar-refractivity contribution in [1.82, 2.24) is 10.2 Å². The fourth-order valence-corrected chi connectivity index (χ4v) is 4.44. The van der Waals surface area contributed by atoms with Gasteiger partial charge in [0.2, 0.25) is 0 Å². The highest BCUT2D eigenvalue weighted by molar-refractivity contribution is 8.00. The summed E-state index contributed by atoms with van der Waals surface area (Å²) in [5.74, 6) is 2.00. The summed E-state index contributed by atoms with van der Waals surface area (Å²) in [7, 11) is 0. The first-order valence-corrected chi connectivity index (χ1v) is 9.44. The van der Waals surface area contributed by atoms with E-state index >= 15 is 0 Å². The summed E-state index contributed by atoms with van der Waals surface area (Å²) in [6.45, 7) is 4.87. The van der Waals surface area contributed by atoms with Gasteiger partial charge in [-0.05, 0) is 50.5 Å². The van der Waals surface area contributed by atoms with Crippen LogP contribution in [0.25, 0.3) is 0 Å². The second-order valence-corrected chi connectivity index (χ2v) is 8.34. The van der Waals surface area contributed by atoms with E-state index in [9.17, 15) is 4.79 Å². The summed E-state index contributed by atoms with van der Waals surface area (Å²) < 4.78 is 11.3. The number of hydrogen-bond donors (Lipinski definition) is 1. The molecule has 2 atom stereocenters. The van der Waals surface area contributed by atoms with Gasteiger partial charge in [-0.3, -0.25) is 0 Å². The Morgan fingerprint density at radius 3 is 3.09 bits per heavy atom. The highest BCUT2D eigenvalue weighted by atomic mass is 32.2. The highest BCUT2D eigenvalue weighted by Gasteiger charge is 2.31. The predicted octanol–water partition coefficient (Wildman–Crippen LogP) is 3.26. The molecule has 2 saturated heterocycles. The molecule has 0 bridgehead atoms. The van der Waals surface area contributed by atoms with Gasteiger partial charge < -0.3 is 19.4 Å². The van der Waals surface area contributed by atoms with Crippen molar-refractivity contribution < 1.29 is 13.9 Å². The lowest BCUT2D eigenvalue weighted by molar-refractivity contribution is 0.0776. The Morgan fingerprint density at radius 2 is 2.43 bits per heavy atom. The smallest absolute Gasteiger partial charge is 0.317 e. The van der Waals surface area contributed by atoms with Crippen molar-refractivity contribution in [1.29, 1.82) is 0 Å². The average molecular weight is 338 g/mol. The Bertz CT molecular complexity index is 494. The minimum absolute atomic E-state index is 0.0226. The van der Waals surface area contributed by atoms with Crippen LogP contribution in [0, 0.1) is 0 Å². The van der Waals surface area contributed by atoms with Crippen molar-refractivity contribution in [3.05, 3.63) is 24.2 Å². The summed E-state index contributed by atoms with van der Waals surface area (Å²) in [4.78, 5) is 14.5. The monoisotopic (exact) mass is 338 g/mol. The van der Waals surface area contributed by atoms with Gasteiger partial charge in [0.15, 0.2) is 0 Å². The van der Waals surface area contributed by atoms with Crippen LogP contribution in [0.3, 0.4) is 0 Å². The Hall–Kier alpha value is -1.14. The Kier molecular flexibility index (Phi) is 5.54. The summed E-state index contributed by atoms with van der Waals surface area (Å²) in [5, 5.41) is 3.12. The molecule has 0 aliphatic carbocycles. The number of hydrogen-bond acceptors (Lipinski definition) is 4. The number of amides is 2. The molecule has 6 heteroatoms. The largest absolute Gasteiger partial charge is 0.467 e. The lowest BCUT2D eigenvalue weighted by Crippen LogP contribution is -2.46. The van der Waals surface area contributed by atoms with Crippen molar-refractivity contribution in [3.63, 3.8) is 0 Å². The third-order valence-corrected chi connectivity index (χ3v) is 6.11. The van der Waals surface area contributed by atoms with E-state index in [0.29, 0.717) is 13.1 Å². The van der Waals surface area contributed by atoms with Crippen LogP contribution in [0.4, 0.5) is 4.79 Å². The van der Waals surface area contributed by atoms with Gasteiger partial charge in [-0.2, -0.15) is 11.8 Å². The molecule has 3 rings (SSSR count). The zero-order chi connectivity index (χ0) is 16.1. The molecule has 1 aromatic rings. The highest BCUT2D eigenvalue weighted by Crippen LogP contribution is 2.37. The van der Waals surface area contributed by atoms with Gasteiger partial charge >= 0.3 is 6.03 Å². The molecule has 2 aliphatic rings. The van der Waals surface area contributed by atoms with Crippen molar-refractivity contribution in [2.24, 2.45) is 0 Å². The fraction of sp³-hybridized carbons (Fsp3) is 0.706. The minimum Gasteiger partial charge on any atom is -0.467 e. The van der Waals surface area contributed by atoms with Gasteiger partial charge in [0, 0.05) is 24.4 Å². The molecular formula is C17H26N2O3S. The number of thioether (sulfide) groups is 1. The molecular weight excluding hydrogens is 312 g/mol. The number of rotatable bonds is 6. The molecule has 0 radical (unpaired) electrons. The van der Waals surface area contributed by atoms with Crippen LogP contribution in [0.15, 0.2) is 22.8 Å². The Labute approximate surface area is 142 Å². The van der Waals surface area contributed by atoms with E-state index < -0.39 is 0 Å². The van der Waals surface area contributed by atoms with Gasteiger partial charge in [-0.15, -0.1) is 0 Å². The van der Waals surface area contributed by atoms with Crippen LogP contribution in [-0.4, -0.2) is 47.2 Å². The molecule has 0 unspecified atom stereocenters. The van der Waals surface area contributed by atoms with E-state index in [1.54, 1.807) is 6.26 Å². The van der Waals surface area contributed by atoms with Gasteiger partial charge in [-0.25, -0.2) is 4.79 Å². The van der Waals surface area contributed by atoms with Crippen LogP contribution >= 0.6 is 11.8 Å². The average Bonchev–Trinajstić information content (AvgIpc) is 3.27. The maximum atomic E-state index is 12.7. The fourth-order valence-electron chi connectivity index (χ4n) is 3.19. The zero-order valence-corrected chi connectivity index (χ0v) is 14.6. The lowest BCUT2D eigenvalue weighted by atomic mass is 10.1.